The van der Waals surface area contributed by atoms with E-state index in [1.54, 1.807) is 0 Å². The molecule has 1 aliphatic heterocycles. The maximum absolute atomic E-state index is 6.93. The molecule has 9 aromatic carbocycles. The van der Waals surface area contributed by atoms with Crippen molar-refractivity contribution in [3.8, 4) is 33.8 Å². The summed E-state index contributed by atoms with van der Waals surface area (Å²) in [6, 6.07) is 76.7. The quantitative estimate of drug-likeness (QED) is 0.167. The standard InChI is InChI=1S/C64H47N5O/c1-64(2,3)43-33-31-42(32-34-43)48-22-12-21-47(41-16-5-4-6-17-41)60(48)67-40-66(56-28-9-10-29-57(56)67)44-18-11-19-45(38-44)70-46-35-36-50-52-25-14-30-58-62(52)69(59(50)39-46)63-54(26-15-37-65-63)53-24-13-23-51-49-20-7-8-27-55(49)68(58)61(51)53/h4-39H,40H2,1-3H3. The summed E-state index contributed by atoms with van der Waals surface area (Å²) in [5.41, 5.74) is 17.2. The monoisotopic (exact) mass is 901 g/mol. The molecule has 334 valence electrons. The van der Waals surface area contributed by atoms with Gasteiger partial charge in [0.05, 0.1) is 44.6 Å². The third-order valence-corrected chi connectivity index (χ3v) is 14.5. The number of para-hydroxylation sites is 6. The molecule has 0 atom stereocenters. The van der Waals surface area contributed by atoms with Crippen LogP contribution in [0.3, 0.4) is 0 Å². The van der Waals surface area contributed by atoms with Crippen molar-refractivity contribution in [2.45, 2.75) is 26.2 Å². The Morgan fingerprint density at radius 1 is 0.429 bits per heavy atom. The van der Waals surface area contributed by atoms with E-state index in [1.165, 1.54) is 60.7 Å². The molecule has 0 spiro atoms. The van der Waals surface area contributed by atoms with E-state index in [2.05, 4.69) is 246 Å². The van der Waals surface area contributed by atoms with Crippen molar-refractivity contribution < 1.29 is 4.74 Å². The first kappa shape index (κ1) is 40.2. The summed E-state index contributed by atoms with van der Waals surface area (Å²) in [6.45, 7) is 7.43. The van der Waals surface area contributed by atoms with Gasteiger partial charge < -0.3 is 18.9 Å². The maximum atomic E-state index is 6.93. The molecule has 0 N–H and O–H groups in total. The predicted molar refractivity (Wildman–Crippen MR) is 292 cm³/mol. The van der Waals surface area contributed by atoms with E-state index in [-0.39, 0.29) is 5.41 Å². The van der Waals surface area contributed by atoms with E-state index < -0.39 is 0 Å². The van der Waals surface area contributed by atoms with E-state index in [1.807, 2.05) is 12.3 Å². The number of benzene rings is 9. The highest BCUT2D eigenvalue weighted by Crippen LogP contribution is 2.51. The lowest BCUT2D eigenvalue weighted by Crippen LogP contribution is -2.25. The Morgan fingerprint density at radius 2 is 1.03 bits per heavy atom. The normalized spacial score (nSPS) is 13.0. The summed E-state index contributed by atoms with van der Waals surface area (Å²) in [5.74, 6) is 1.51. The van der Waals surface area contributed by atoms with Crippen LogP contribution in [0.15, 0.2) is 219 Å². The summed E-state index contributed by atoms with van der Waals surface area (Å²) < 4.78 is 11.7. The molecule has 0 saturated heterocycles. The van der Waals surface area contributed by atoms with Crippen molar-refractivity contribution in [3.05, 3.63) is 224 Å². The molecule has 0 fully saturated rings. The zero-order valence-corrected chi connectivity index (χ0v) is 39.1. The lowest BCUT2D eigenvalue weighted by atomic mass is 9.86. The van der Waals surface area contributed by atoms with E-state index in [4.69, 9.17) is 9.72 Å². The molecule has 0 saturated carbocycles. The number of nitrogens with zero attached hydrogens (tertiary/aromatic N) is 5. The van der Waals surface area contributed by atoms with Gasteiger partial charge in [0.1, 0.15) is 23.8 Å². The number of anilines is 4. The van der Waals surface area contributed by atoms with Crippen molar-refractivity contribution in [1.29, 1.82) is 0 Å². The van der Waals surface area contributed by atoms with Gasteiger partial charge in [0, 0.05) is 67.5 Å². The fraction of sp³-hybridized carbons (Fsp3) is 0.0781. The minimum Gasteiger partial charge on any atom is -0.457 e. The van der Waals surface area contributed by atoms with Gasteiger partial charge in [0.15, 0.2) is 0 Å². The summed E-state index contributed by atoms with van der Waals surface area (Å²) in [5, 5.41) is 7.01. The number of aromatic nitrogens is 3. The molecule has 1 aliphatic rings. The van der Waals surface area contributed by atoms with E-state index in [9.17, 15) is 0 Å². The van der Waals surface area contributed by atoms with Gasteiger partial charge in [0.2, 0.25) is 0 Å². The summed E-state index contributed by atoms with van der Waals surface area (Å²) in [7, 11) is 0. The molecule has 70 heavy (non-hydrogen) atoms. The molecule has 0 bridgehead atoms. The van der Waals surface area contributed by atoms with Crippen LogP contribution >= 0.6 is 0 Å². The summed E-state index contributed by atoms with van der Waals surface area (Å²) in [6.07, 6.45) is 1.91. The van der Waals surface area contributed by atoms with E-state index >= 15 is 0 Å². The smallest absolute Gasteiger partial charge is 0.145 e. The maximum Gasteiger partial charge on any atom is 0.145 e. The fourth-order valence-electron chi connectivity index (χ4n) is 11.3. The predicted octanol–water partition coefficient (Wildman–Crippen LogP) is 17.0. The average molecular weight is 902 g/mol. The largest absolute Gasteiger partial charge is 0.457 e. The van der Waals surface area contributed by atoms with Crippen LogP contribution in [-0.4, -0.2) is 20.5 Å². The van der Waals surface area contributed by atoms with Crippen LogP contribution in [-0.2, 0) is 5.41 Å². The lowest BCUT2D eigenvalue weighted by molar-refractivity contribution is 0.483. The number of pyridine rings is 1. The number of ether oxygens (including phenoxy) is 1. The number of rotatable bonds is 6. The first-order valence-electron chi connectivity index (χ1n) is 24.1. The van der Waals surface area contributed by atoms with Gasteiger partial charge in [-0.05, 0) is 82.8 Å². The second-order valence-electron chi connectivity index (χ2n) is 19.6. The molecule has 14 rings (SSSR count). The summed E-state index contributed by atoms with van der Waals surface area (Å²) in [4.78, 5) is 10.0. The minimum atomic E-state index is 0.0619. The summed E-state index contributed by atoms with van der Waals surface area (Å²) >= 11 is 0. The first-order valence-corrected chi connectivity index (χ1v) is 24.1. The third kappa shape index (κ3) is 6.09. The van der Waals surface area contributed by atoms with Crippen molar-refractivity contribution >= 4 is 88.3 Å². The molecule has 6 heteroatoms. The number of fused-ring (bicyclic) bond motifs is 11. The topological polar surface area (TPSA) is 37.4 Å². The highest BCUT2D eigenvalue weighted by atomic mass is 16.5. The Balaban J connectivity index is 0.892. The highest BCUT2D eigenvalue weighted by molar-refractivity contribution is 6.23. The fourth-order valence-corrected chi connectivity index (χ4v) is 11.3. The van der Waals surface area contributed by atoms with Gasteiger partial charge in [-0.15, -0.1) is 0 Å². The van der Waals surface area contributed by atoms with Gasteiger partial charge in [-0.3, -0.25) is 4.40 Å². The Kier molecular flexibility index (Phi) is 8.80. The molecular weight excluding hydrogens is 855 g/mol. The minimum absolute atomic E-state index is 0.0619. The Morgan fingerprint density at radius 3 is 1.83 bits per heavy atom. The van der Waals surface area contributed by atoms with E-state index in [0.717, 1.165) is 66.9 Å². The molecule has 13 aromatic rings. The van der Waals surface area contributed by atoms with Crippen LogP contribution < -0.4 is 14.5 Å². The highest BCUT2D eigenvalue weighted by Gasteiger charge is 2.32. The second-order valence-corrected chi connectivity index (χ2v) is 19.6. The van der Waals surface area contributed by atoms with Crippen LogP contribution in [0.25, 0.3) is 87.8 Å². The van der Waals surface area contributed by atoms with Gasteiger partial charge in [-0.2, -0.15) is 0 Å². The van der Waals surface area contributed by atoms with Gasteiger partial charge in [-0.1, -0.05) is 160 Å². The number of hydrogen-bond acceptors (Lipinski definition) is 4. The molecule has 0 radical (unpaired) electrons. The van der Waals surface area contributed by atoms with Crippen molar-refractivity contribution in [3.63, 3.8) is 0 Å². The lowest BCUT2D eigenvalue weighted by Gasteiger charge is -2.27. The molecular formula is C64H47N5O. The third-order valence-electron chi connectivity index (χ3n) is 14.5. The zero-order valence-electron chi connectivity index (χ0n) is 39.1. The van der Waals surface area contributed by atoms with Crippen LogP contribution in [0.4, 0.5) is 22.7 Å². The van der Waals surface area contributed by atoms with E-state index in [0.29, 0.717) is 6.67 Å². The van der Waals surface area contributed by atoms with Crippen molar-refractivity contribution in [2.75, 3.05) is 16.5 Å². The van der Waals surface area contributed by atoms with Crippen molar-refractivity contribution in [2.24, 2.45) is 0 Å². The number of hydrogen-bond donors (Lipinski definition) is 0. The second kappa shape index (κ2) is 15.3. The van der Waals surface area contributed by atoms with Gasteiger partial charge in [-0.25, -0.2) is 4.98 Å². The Bertz CT molecular complexity index is 4240. The Hall–Kier alpha value is -8.87. The molecule has 0 aliphatic carbocycles. The molecule has 0 unspecified atom stereocenters. The van der Waals surface area contributed by atoms with Crippen LogP contribution in [0, 0.1) is 0 Å². The SMILES string of the molecule is CC(C)(C)c1ccc(-c2cccc(-c3ccccc3)c2N2CN(c3cccc(Oc4ccc5c6cccc7c6n(c5c4)c4ncccc4c4cccc5c6ccccc6n7c54)c3)c3ccccc32)cc1. The van der Waals surface area contributed by atoms with Gasteiger partial charge in [0.25, 0.3) is 0 Å². The first-order chi connectivity index (χ1) is 34.4. The molecule has 6 nitrogen and oxygen atoms in total. The van der Waals surface area contributed by atoms with Crippen LogP contribution in [0.2, 0.25) is 0 Å². The average Bonchev–Trinajstić information content (AvgIpc) is 4.06. The molecule has 4 aromatic heterocycles. The molecule has 0 amide bonds. The van der Waals surface area contributed by atoms with Crippen LogP contribution in [0.5, 0.6) is 11.5 Å². The zero-order chi connectivity index (χ0) is 46.7. The Labute approximate surface area is 405 Å². The van der Waals surface area contributed by atoms with Crippen molar-refractivity contribution in [1.82, 2.24) is 13.8 Å². The van der Waals surface area contributed by atoms with Crippen LogP contribution in [0.1, 0.15) is 26.3 Å². The molecule has 5 heterocycles. The van der Waals surface area contributed by atoms with Gasteiger partial charge >= 0.3 is 0 Å².